The Labute approximate surface area is 279 Å². The summed E-state index contributed by atoms with van der Waals surface area (Å²) < 4.78 is 17.7. The van der Waals surface area contributed by atoms with Crippen LogP contribution in [-0.4, -0.2) is 32.8 Å². The molecule has 238 valence electrons. The van der Waals surface area contributed by atoms with Gasteiger partial charge in [0.15, 0.2) is 0 Å². The highest BCUT2D eigenvalue weighted by Crippen LogP contribution is 2.24. The number of anilines is 2. The van der Waals surface area contributed by atoms with Crippen LogP contribution in [0, 0.1) is 12.7 Å². The highest BCUT2D eigenvalue weighted by molar-refractivity contribution is 8.00. The lowest BCUT2D eigenvalue weighted by Crippen LogP contribution is -2.30. The quantitative estimate of drug-likeness (QED) is 0.117. The monoisotopic (exact) mass is 669 g/mol. The molecule has 4 aromatic carbocycles. The lowest BCUT2D eigenvalue weighted by Gasteiger charge is -2.12. The summed E-state index contributed by atoms with van der Waals surface area (Å²) in [6, 6.07) is 28.2. The lowest BCUT2D eigenvalue weighted by atomic mass is 10.1. The van der Waals surface area contributed by atoms with Crippen LogP contribution in [-0.2, 0) is 16.6 Å². The van der Waals surface area contributed by atoms with E-state index in [0.29, 0.717) is 22.6 Å². The summed E-state index contributed by atoms with van der Waals surface area (Å²) in [6.45, 7) is 1.76. The van der Waals surface area contributed by atoms with E-state index < -0.39 is 17.6 Å². The van der Waals surface area contributed by atoms with Gasteiger partial charge in [0, 0.05) is 28.8 Å². The zero-order chi connectivity index (χ0) is 33.5. The number of nitrogens with one attached hydrogen (secondary N) is 3. The topological polar surface area (TPSA) is 114 Å². The summed E-state index contributed by atoms with van der Waals surface area (Å²) in [5.41, 5.74) is 1.60. The lowest BCUT2D eigenvalue weighted by molar-refractivity contribution is -0.114. The van der Waals surface area contributed by atoms with E-state index in [4.69, 9.17) is 11.6 Å². The number of hydrogen-bond acceptors (Lipinski definition) is 5. The van der Waals surface area contributed by atoms with E-state index in [1.54, 1.807) is 73.3 Å². The average molecular weight is 670 g/mol. The SMILES string of the molecule is Cc1c(NC(=O)CSc2ccc(NC(=O)/C(=C/c3c(F)cccc3Cl)NC(=O)c3ccccc3)cc2)c(=O)n(-c2ccccc2)n1C. The van der Waals surface area contributed by atoms with Crippen molar-refractivity contribution in [3.63, 3.8) is 0 Å². The van der Waals surface area contributed by atoms with E-state index in [1.807, 2.05) is 30.3 Å². The Kier molecular flexibility index (Phi) is 10.4. The van der Waals surface area contributed by atoms with Crippen LogP contribution in [0.3, 0.4) is 0 Å². The molecule has 5 aromatic rings. The molecule has 0 atom stereocenters. The van der Waals surface area contributed by atoms with E-state index in [1.165, 1.54) is 40.7 Å². The van der Waals surface area contributed by atoms with E-state index in [9.17, 15) is 23.6 Å². The van der Waals surface area contributed by atoms with Crippen LogP contribution in [0.15, 0.2) is 119 Å². The average Bonchev–Trinajstić information content (AvgIpc) is 3.28. The highest BCUT2D eigenvalue weighted by Gasteiger charge is 2.19. The molecule has 0 fully saturated rings. The first kappa shape index (κ1) is 33.0. The van der Waals surface area contributed by atoms with Gasteiger partial charge >= 0.3 is 0 Å². The number of carbonyl (C=O) groups is 3. The van der Waals surface area contributed by atoms with Gasteiger partial charge in [-0.2, -0.15) is 0 Å². The molecule has 1 heterocycles. The Morgan fingerprint density at radius 1 is 0.872 bits per heavy atom. The molecule has 0 spiro atoms. The van der Waals surface area contributed by atoms with Gasteiger partial charge in [-0.3, -0.25) is 23.9 Å². The summed E-state index contributed by atoms with van der Waals surface area (Å²) in [6.07, 6.45) is 1.18. The molecule has 12 heteroatoms. The third-order valence-corrected chi connectivity index (χ3v) is 8.46. The number of para-hydroxylation sites is 1. The molecule has 47 heavy (non-hydrogen) atoms. The van der Waals surface area contributed by atoms with Crippen LogP contribution in [0.1, 0.15) is 21.6 Å². The van der Waals surface area contributed by atoms with Gasteiger partial charge in [-0.1, -0.05) is 54.1 Å². The zero-order valence-corrected chi connectivity index (χ0v) is 26.9. The second-order valence-corrected chi connectivity index (χ2v) is 11.7. The zero-order valence-electron chi connectivity index (χ0n) is 25.3. The summed E-state index contributed by atoms with van der Waals surface area (Å²) in [7, 11) is 1.75. The number of halogens is 2. The molecule has 9 nitrogen and oxygen atoms in total. The highest BCUT2D eigenvalue weighted by atomic mass is 35.5. The molecule has 0 saturated heterocycles. The Bertz CT molecular complexity index is 2010. The molecule has 0 aliphatic heterocycles. The smallest absolute Gasteiger partial charge is 0.295 e. The van der Waals surface area contributed by atoms with Crippen molar-refractivity contribution in [1.29, 1.82) is 0 Å². The second-order valence-electron chi connectivity index (χ2n) is 10.3. The fourth-order valence-electron chi connectivity index (χ4n) is 4.60. The molecule has 0 aliphatic rings. The van der Waals surface area contributed by atoms with Gasteiger partial charge in [0.2, 0.25) is 5.91 Å². The molecule has 5 rings (SSSR count). The number of nitrogens with zero attached hydrogens (tertiary/aromatic N) is 2. The maximum Gasteiger partial charge on any atom is 0.295 e. The second kappa shape index (κ2) is 14.8. The molecule has 0 saturated carbocycles. The van der Waals surface area contributed by atoms with Crippen LogP contribution in [0.2, 0.25) is 5.02 Å². The Morgan fingerprint density at radius 2 is 1.53 bits per heavy atom. The van der Waals surface area contributed by atoms with Gasteiger partial charge in [-0.05, 0) is 73.7 Å². The van der Waals surface area contributed by atoms with Crippen molar-refractivity contribution in [3.8, 4) is 5.69 Å². The fraction of sp³-hybridized carbons (Fsp3) is 0.0857. The van der Waals surface area contributed by atoms with Gasteiger partial charge in [0.05, 0.1) is 22.2 Å². The maximum absolute atomic E-state index is 14.6. The van der Waals surface area contributed by atoms with Crippen molar-refractivity contribution in [2.75, 3.05) is 16.4 Å². The Balaban J connectivity index is 1.25. The maximum atomic E-state index is 14.6. The summed E-state index contributed by atoms with van der Waals surface area (Å²) in [4.78, 5) is 52.8. The number of carbonyl (C=O) groups excluding carboxylic acids is 3. The first-order valence-corrected chi connectivity index (χ1v) is 15.7. The molecule has 3 N–H and O–H groups in total. The minimum atomic E-state index is -0.701. The van der Waals surface area contributed by atoms with Crippen molar-refractivity contribution < 1.29 is 18.8 Å². The van der Waals surface area contributed by atoms with Gasteiger partial charge in [0.25, 0.3) is 17.4 Å². The van der Waals surface area contributed by atoms with Crippen LogP contribution >= 0.6 is 23.4 Å². The molecule has 0 radical (unpaired) electrons. The summed E-state index contributed by atoms with van der Waals surface area (Å²) in [5.74, 6) is -2.24. The van der Waals surface area contributed by atoms with E-state index >= 15 is 0 Å². The summed E-state index contributed by atoms with van der Waals surface area (Å²) in [5, 5.41) is 8.06. The van der Waals surface area contributed by atoms with Gasteiger partial charge in [-0.25, -0.2) is 9.07 Å². The molecule has 1 aromatic heterocycles. The third-order valence-electron chi connectivity index (χ3n) is 7.12. The molecule has 3 amide bonds. The number of rotatable bonds is 10. The van der Waals surface area contributed by atoms with E-state index in [2.05, 4.69) is 16.0 Å². The van der Waals surface area contributed by atoms with Crippen molar-refractivity contribution in [1.82, 2.24) is 14.7 Å². The van der Waals surface area contributed by atoms with Crippen LogP contribution < -0.4 is 21.5 Å². The van der Waals surface area contributed by atoms with Crippen molar-refractivity contribution in [3.05, 3.63) is 147 Å². The van der Waals surface area contributed by atoms with Gasteiger partial charge < -0.3 is 16.0 Å². The first-order valence-electron chi connectivity index (χ1n) is 14.3. The van der Waals surface area contributed by atoms with E-state index in [-0.39, 0.29) is 39.2 Å². The molecule has 0 unspecified atom stereocenters. The third kappa shape index (κ3) is 7.89. The number of thioether (sulfide) groups is 1. The number of amides is 3. The van der Waals surface area contributed by atoms with Crippen LogP contribution in [0.25, 0.3) is 11.8 Å². The largest absolute Gasteiger partial charge is 0.321 e. The number of benzene rings is 4. The Morgan fingerprint density at radius 3 is 2.19 bits per heavy atom. The normalized spacial score (nSPS) is 11.2. The predicted molar refractivity (Wildman–Crippen MR) is 183 cm³/mol. The number of hydrogen-bond donors (Lipinski definition) is 3. The van der Waals surface area contributed by atoms with Gasteiger partial charge in [0.1, 0.15) is 17.2 Å². The van der Waals surface area contributed by atoms with Gasteiger partial charge in [-0.15, -0.1) is 11.8 Å². The first-order chi connectivity index (χ1) is 22.6. The van der Waals surface area contributed by atoms with Crippen molar-refractivity contribution in [2.24, 2.45) is 7.05 Å². The molecule has 0 aliphatic carbocycles. The molecule has 0 bridgehead atoms. The molecular weight excluding hydrogens is 641 g/mol. The van der Waals surface area contributed by atoms with Crippen LogP contribution in [0.5, 0.6) is 0 Å². The predicted octanol–water partition coefficient (Wildman–Crippen LogP) is 6.42. The minimum absolute atomic E-state index is 0.0343. The van der Waals surface area contributed by atoms with Crippen LogP contribution in [0.4, 0.5) is 15.8 Å². The minimum Gasteiger partial charge on any atom is -0.321 e. The van der Waals surface area contributed by atoms with E-state index in [0.717, 1.165) is 4.90 Å². The van der Waals surface area contributed by atoms with Crippen molar-refractivity contribution >= 4 is 58.5 Å². The van der Waals surface area contributed by atoms with Crippen molar-refractivity contribution in [2.45, 2.75) is 11.8 Å². The Hall–Kier alpha value is -5.39. The number of aromatic nitrogens is 2. The summed E-state index contributed by atoms with van der Waals surface area (Å²) >= 11 is 7.42. The standard InChI is InChI=1S/C35H29ClFN5O4S/c1-22-32(35(46)42(41(22)2)25-12-7-4-8-13-25)40-31(43)21-47-26-18-16-24(17-19-26)38-34(45)30(20-27-28(36)14-9-15-29(27)37)39-33(44)23-10-5-3-6-11-23/h3-20H,21H2,1-2H3,(H,38,45)(H,39,44)(H,40,43)/b30-20-. The molecular formula is C35H29ClFN5O4S. The fourth-order valence-corrected chi connectivity index (χ4v) is 5.52.